The molecule has 0 spiro atoms. The minimum absolute atomic E-state index is 0.0297. The van der Waals surface area contributed by atoms with Gasteiger partial charge < -0.3 is 14.4 Å². The van der Waals surface area contributed by atoms with Gasteiger partial charge in [0.1, 0.15) is 5.76 Å². The van der Waals surface area contributed by atoms with E-state index in [1.165, 1.54) is 11.3 Å². The molecule has 1 atom stereocenters. The molecule has 5 nitrogen and oxygen atoms in total. The fraction of sp³-hybridized carbons (Fsp3) is 0.529. The molecular weight excluding hydrogens is 312 g/mol. The van der Waals surface area contributed by atoms with Crippen LogP contribution in [0.25, 0.3) is 10.8 Å². The number of amides is 1. The van der Waals surface area contributed by atoms with Crippen molar-refractivity contribution in [2.45, 2.75) is 51.7 Å². The Hall–Kier alpha value is -1.66. The Labute approximate surface area is 140 Å². The lowest BCUT2D eigenvalue weighted by Gasteiger charge is -2.33. The van der Waals surface area contributed by atoms with Crippen LogP contribution < -0.4 is 0 Å². The summed E-state index contributed by atoms with van der Waals surface area (Å²) in [6.07, 6.45) is 2.06. The van der Waals surface area contributed by atoms with Gasteiger partial charge in [0.25, 0.3) is 0 Å². The molecule has 1 aliphatic heterocycles. The van der Waals surface area contributed by atoms with E-state index in [1.54, 1.807) is 18.7 Å². The Morgan fingerprint density at radius 3 is 2.96 bits per heavy atom. The highest BCUT2D eigenvalue weighted by Crippen LogP contribution is 2.29. The molecule has 23 heavy (non-hydrogen) atoms. The maximum Gasteiger partial charge on any atom is 0.228 e. The number of aliphatic hydroxyl groups is 1. The molecule has 2 aromatic rings. The van der Waals surface area contributed by atoms with Crippen LogP contribution in [0.4, 0.5) is 0 Å². The van der Waals surface area contributed by atoms with Crippen molar-refractivity contribution < 1.29 is 14.3 Å². The largest absolute Gasteiger partial charge is 0.459 e. The first kappa shape index (κ1) is 16.2. The number of aromatic nitrogens is 1. The molecule has 1 unspecified atom stereocenters. The summed E-state index contributed by atoms with van der Waals surface area (Å²) < 4.78 is 5.57. The average molecular weight is 334 g/mol. The predicted molar refractivity (Wildman–Crippen MR) is 89.3 cm³/mol. The minimum Gasteiger partial charge on any atom is -0.459 e. The fourth-order valence-corrected chi connectivity index (χ4v) is 3.89. The van der Waals surface area contributed by atoms with E-state index in [-0.39, 0.29) is 18.4 Å². The van der Waals surface area contributed by atoms with Gasteiger partial charge in [0.2, 0.25) is 5.91 Å². The maximum absolute atomic E-state index is 12.6. The number of carbonyl (C=O) groups excluding carboxylic acids is 1. The first-order valence-corrected chi connectivity index (χ1v) is 8.75. The van der Waals surface area contributed by atoms with E-state index in [9.17, 15) is 9.90 Å². The number of hydrogen-bond acceptors (Lipinski definition) is 5. The second-order valence-corrected chi connectivity index (χ2v) is 7.49. The first-order chi connectivity index (χ1) is 10.8. The van der Waals surface area contributed by atoms with Crippen molar-refractivity contribution in [3.8, 4) is 10.8 Å². The fourth-order valence-electron chi connectivity index (χ4n) is 3.11. The Kier molecular flexibility index (Phi) is 4.29. The lowest BCUT2D eigenvalue weighted by Crippen LogP contribution is -2.48. The van der Waals surface area contributed by atoms with Crippen LogP contribution in [-0.4, -0.2) is 39.1 Å². The van der Waals surface area contributed by atoms with Crippen LogP contribution >= 0.6 is 11.3 Å². The highest BCUT2D eigenvalue weighted by Gasteiger charge is 2.38. The van der Waals surface area contributed by atoms with Gasteiger partial charge in [0, 0.05) is 11.9 Å². The second-order valence-electron chi connectivity index (χ2n) is 6.63. The number of thiazole rings is 1. The Balaban J connectivity index is 1.70. The van der Waals surface area contributed by atoms with Crippen molar-refractivity contribution in [1.82, 2.24) is 9.88 Å². The second kappa shape index (κ2) is 6.09. The van der Waals surface area contributed by atoms with Crippen LogP contribution in [0.1, 0.15) is 38.1 Å². The SMILES string of the molecule is Cc1ccc(-c2nc(CC(=O)N3CCCC3C(C)(C)O)cs2)o1. The van der Waals surface area contributed by atoms with E-state index in [1.807, 2.05) is 24.4 Å². The molecule has 6 heteroatoms. The molecule has 0 saturated carbocycles. The summed E-state index contributed by atoms with van der Waals surface area (Å²) in [6, 6.07) is 3.69. The zero-order chi connectivity index (χ0) is 16.6. The van der Waals surface area contributed by atoms with Crippen LogP contribution in [0.3, 0.4) is 0 Å². The number of aryl methyl sites for hydroxylation is 1. The zero-order valence-electron chi connectivity index (χ0n) is 13.7. The van der Waals surface area contributed by atoms with E-state index in [4.69, 9.17) is 4.42 Å². The molecule has 0 aliphatic carbocycles. The van der Waals surface area contributed by atoms with Crippen LogP contribution in [0.15, 0.2) is 21.9 Å². The van der Waals surface area contributed by atoms with Gasteiger partial charge in [0.15, 0.2) is 10.8 Å². The molecule has 3 heterocycles. The lowest BCUT2D eigenvalue weighted by molar-refractivity contribution is -0.135. The number of hydrogen-bond donors (Lipinski definition) is 1. The van der Waals surface area contributed by atoms with Gasteiger partial charge in [0.05, 0.1) is 23.8 Å². The molecule has 1 aliphatic rings. The summed E-state index contributed by atoms with van der Waals surface area (Å²) in [6.45, 7) is 6.14. The highest BCUT2D eigenvalue weighted by molar-refractivity contribution is 7.13. The third-order valence-corrected chi connectivity index (χ3v) is 5.13. The van der Waals surface area contributed by atoms with Gasteiger partial charge in [-0.1, -0.05) is 0 Å². The van der Waals surface area contributed by atoms with Crippen LogP contribution in [0.5, 0.6) is 0 Å². The minimum atomic E-state index is -0.870. The third-order valence-electron chi connectivity index (χ3n) is 4.22. The van der Waals surface area contributed by atoms with Crippen molar-refractivity contribution >= 4 is 17.2 Å². The summed E-state index contributed by atoms with van der Waals surface area (Å²) >= 11 is 1.48. The quantitative estimate of drug-likeness (QED) is 0.933. The van der Waals surface area contributed by atoms with E-state index in [0.29, 0.717) is 6.54 Å². The van der Waals surface area contributed by atoms with Crippen LogP contribution in [0, 0.1) is 6.92 Å². The predicted octanol–water partition coefficient (Wildman–Crippen LogP) is 3.02. The molecule has 3 rings (SSSR count). The van der Waals surface area contributed by atoms with Crippen LogP contribution in [0.2, 0.25) is 0 Å². The van der Waals surface area contributed by atoms with E-state index >= 15 is 0 Å². The van der Waals surface area contributed by atoms with Crippen molar-refractivity contribution in [1.29, 1.82) is 0 Å². The smallest absolute Gasteiger partial charge is 0.228 e. The number of rotatable bonds is 4. The zero-order valence-corrected chi connectivity index (χ0v) is 14.5. The Bertz CT molecular complexity index is 699. The first-order valence-electron chi connectivity index (χ1n) is 7.87. The van der Waals surface area contributed by atoms with Crippen molar-refractivity contribution in [2.24, 2.45) is 0 Å². The summed E-state index contributed by atoms with van der Waals surface area (Å²) in [5.41, 5.74) is -0.115. The molecule has 124 valence electrons. The summed E-state index contributed by atoms with van der Waals surface area (Å²) in [7, 11) is 0. The molecule has 0 aromatic carbocycles. The van der Waals surface area contributed by atoms with E-state index in [2.05, 4.69) is 4.98 Å². The van der Waals surface area contributed by atoms with E-state index in [0.717, 1.165) is 35.1 Å². The van der Waals surface area contributed by atoms with Crippen molar-refractivity contribution in [2.75, 3.05) is 6.54 Å². The van der Waals surface area contributed by atoms with Gasteiger partial charge in [-0.3, -0.25) is 4.79 Å². The molecule has 0 bridgehead atoms. The summed E-state index contributed by atoms with van der Waals surface area (Å²) in [4.78, 5) is 18.9. The standard InChI is InChI=1S/C17H22N2O3S/c1-11-6-7-13(22-11)16-18-12(10-23-16)9-15(20)19-8-4-5-14(19)17(2,3)21/h6-7,10,14,21H,4-5,8-9H2,1-3H3. The maximum atomic E-state index is 12.6. The van der Waals surface area contributed by atoms with Gasteiger partial charge in [-0.25, -0.2) is 4.98 Å². The summed E-state index contributed by atoms with van der Waals surface area (Å²) in [5.74, 6) is 1.61. The van der Waals surface area contributed by atoms with Crippen LogP contribution in [-0.2, 0) is 11.2 Å². The van der Waals surface area contributed by atoms with Crippen molar-refractivity contribution in [3.05, 3.63) is 29.0 Å². The molecule has 0 radical (unpaired) electrons. The molecule has 2 aromatic heterocycles. The number of nitrogens with zero attached hydrogens (tertiary/aromatic N) is 2. The normalized spacial score (nSPS) is 18.6. The molecule has 1 fully saturated rings. The number of carbonyl (C=O) groups is 1. The Morgan fingerprint density at radius 2 is 2.30 bits per heavy atom. The molecular formula is C17H22N2O3S. The highest BCUT2D eigenvalue weighted by atomic mass is 32.1. The molecule has 1 saturated heterocycles. The summed E-state index contributed by atoms with van der Waals surface area (Å²) in [5, 5.41) is 12.9. The topological polar surface area (TPSA) is 66.6 Å². The Morgan fingerprint density at radius 1 is 1.52 bits per heavy atom. The third kappa shape index (κ3) is 3.48. The molecule has 1 N–H and O–H groups in total. The van der Waals surface area contributed by atoms with Gasteiger partial charge in [-0.2, -0.15) is 0 Å². The van der Waals surface area contributed by atoms with Gasteiger partial charge in [-0.05, 0) is 45.7 Å². The number of furan rings is 1. The van der Waals surface area contributed by atoms with E-state index < -0.39 is 5.60 Å². The molecule has 1 amide bonds. The monoisotopic (exact) mass is 334 g/mol. The average Bonchev–Trinajstić information content (AvgIpc) is 3.15. The van der Waals surface area contributed by atoms with Crippen molar-refractivity contribution in [3.63, 3.8) is 0 Å². The van der Waals surface area contributed by atoms with Gasteiger partial charge in [-0.15, -0.1) is 11.3 Å². The lowest BCUT2D eigenvalue weighted by atomic mass is 9.96. The van der Waals surface area contributed by atoms with Gasteiger partial charge >= 0.3 is 0 Å². The number of likely N-dealkylation sites (tertiary alicyclic amines) is 1.